The van der Waals surface area contributed by atoms with E-state index in [9.17, 15) is 4.79 Å². The summed E-state index contributed by atoms with van der Waals surface area (Å²) in [7, 11) is 1.36. The van der Waals surface area contributed by atoms with Gasteiger partial charge in [0.2, 0.25) is 0 Å². The second-order valence-corrected chi connectivity index (χ2v) is 3.17. The summed E-state index contributed by atoms with van der Waals surface area (Å²) in [6.45, 7) is 3.23. The van der Waals surface area contributed by atoms with Crippen molar-refractivity contribution in [2.24, 2.45) is 10.7 Å². The van der Waals surface area contributed by atoms with Crippen molar-refractivity contribution in [2.45, 2.75) is 6.42 Å². The Kier molecular flexibility index (Phi) is 8.26. The van der Waals surface area contributed by atoms with E-state index >= 15 is 0 Å². The molecule has 0 aliphatic carbocycles. The smallest absolute Gasteiger partial charge is 0.307 e. The van der Waals surface area contributed by atoms with Gasteiger partial charge in [0.1, 0.15) is 0 Å². The molecule has 0 aromatic rings. The molecular weight excluding hydrogens is 325 g/mol. The normalized spacial score (nSPS) is 16.6. The van der Waals surface area contributed by atoms with Crippen LogP contribution >= 0.6 is 24.0 Å². The maximum Gasteiger partial charge on any atom is 0.307 e. The van der Waals surface area contributed by atoms with Gasteiger partial charge in [-0.15, -0.1) is 24.0 Å². The lowest BCUT2D eigenvalue weighted by molar-refractivity contribution is -0.140. The molecule has 1 heterocycles. The monoisotopic (exact) mass is 343 g/mol. The van der Waals surface area contributed by atoms with Crippen molar-refractivity contribution in [3.05, 3.63) is 0 Å². The highest BCUT2D eigenvalue weighted by Gasteiger charge is 2.11. The van der Waals surface area contributed by atoms with Crippen LogP contribution < -0.4 is 5.73 Å². The molecule has 1 aliphatic heterocycles. The standard InChI is InChI=1S/C9H17N3O3.HI/c1-14-8(13)2-3-11-9(10)12-4-6-15-7-5-12;/h2-7H2,1H3,(H2,10,11);1H. The lowest BCUT2D eigenvalue weighted by Crippen LogP contribution is -2.44. The fourth-order valence-electron chi connectivity index (χ4n) is 1.26. The van der Waals surface area contributed by atoms with Crippen LogP contribution in [-0.4, -0.2) is 56.8 Å². The van der Waals surface area contributed by atoms with Crippen LogP contribution in [0.25, 0.3) is 0 Å². The van der Waals surface area contributed by atoms with E-state index in [1.807, 2.05) is 4.90 Å². The number of esters is 1. The first-order valence-electron chi connectivity index (χ1n) is 4.93. The van der Waals surface area contributed by atoms with Gasteiger partial charge in [0, 0.05) is 13.1 Å². The van der Waals surface area contributed by atoms with Crippen LogP contribution in [0.4, 0.5) is 0 Å². The summed E-state index contributed by atoms with van der Waals surface area (Å²) < 4.78 is 9.68. The van der Waals surface area contributed by atoms with Crippen LogP contribution in [0.3, 0.4) is 0 Å². The Bertz CT molecular complexity index is 242. The molecule has 0 aromatic heterocycles. The Labute approximate surface area is 112 Å². The van der Waals surface area contributed by atoms with Crippen molar-refractivity contribution in [3.63, 3.8) is 0 Å². The number of halogens is 1. The van der Waals surface area contributed by atoms with E-state index in [1.165, 1.54) is 7.11 Å². The molecule has 1 rings (SSSR count). The maximum atomic E-state index is 10.8. The lowest BCUT2D eigenvalue weighted by Gasteiger charge is -2.27. The third-order valence-corrected chi connectivity index (χ3v) is 2.15. The van der Waals surface area contributed by atoms with E-state index in [-0.39, 0.29) is 36.4 Å². The number of carbonyl (C=O) groups excluding carboxylic acids is 1. The van der Waals surface area contributed by atoms with Crippen LogP contribution in [0, 0.1) is 0 Å². The van der Waals surface area contributed by atoms with Crippen LogP contribution in [0.2, 0.25) is 0 Å². The van der Waals surface area contributed by atoms with Gasteiger partial charge in [-0.1, -0.05) is 0 Å². The topological polar surface area (TPSA) is 77.1 Å². The molecular formula is C9H18IN3O3. The largest absolute Gasteiger partial charge is 0.469 e. The molecule has 7 heteroatoms. The van der Waals surface area contributed by atoms with Crippen molar-refractivity contribution >= 4 is 35.9 Å². The predicted octanol–water partition coefficient (Wildman–Crippen LogP) is -0.186. The number of hydrogen-bond acceptors (Lipinski definition) is 4. The molecule has 0 aromatic carbocycles. The van der Waals surface area contributed by atoms with Crippen molar-refractivity contribution in [1.29, 1.82) is 0 Å². The van der Waals surface area contributed by atoms with Gasteiger partial charge in [-0.25, -0.2) is 0 Å². The summed E-state index contributed by atoms with van der Waals surface area (Å²) in [5.41, 5.74) is 5.74. The number of morpholine rings is 1. The van der Waals surface area contributed by atoms with E-state index in [0.29, 0.717) is 25.7 Å². The zero-order valence-corrected chi connectivity index (χ0v) is 11.7. The molecule has 0 atom stereocenters. The summed E-state index contributed by atoms with van der Waals surface area (Å²) >= 11 is 0. The lowest BCUT2D eigenvalue weighted by atomic mass is 10.4. The van der Waals surface area contributed by atoms with E-state index in [1.54, 1.807) is 0 Å². The number of hydrogen-bond donors (Lipinski definition) is 1. The summed E-state index contributed by atoms with van der Waals surface area (Å²) in [6, 6.07) is 0. The molecule has 0 unspecified atom stereocenters. The van der Waals surface area contributed by atoms with Gasteiger partial charge < -0.3 is 20.1 Å². The predicted molar refractivity (Wildman–Crippen MR) is 70.9 cm³/mol. The van der Waals surface area contributed by atoms with Gasteiger partial charge in [-0.3, -0.25) is 9.79 Å². The fraction of sp³-hybridized carbons (Fsp3) is 0.778. The molecule has 94 valence electrons. The second kappa shape index (κ2) is 8.57. The minimum atomic E-state index is -0.270. The highest BCUT2D eigenvalue weighted by atomic mass is 127. The average Bonchev–Trinajstić information content (AvgIpc) is 2.29. The number of guanidine groups is 1. The Balaban J connectivity index is 0.00000225. The second-order valence-electron chi connectivity index (χ2n) is 3.17. The fourth-order valence-corrected chi connectivity index (χ4v) is 1.26. The van der Waals surface area contributed by atoms with E-state index < -0.39 is 0 Å². The van der Waals surface area contributed by atoms with Crippen LogP contribution in [0.1, 0.15) is 6.42 Å². The van der Waals surface area contributed by atoms with Crippen LogP contribution in [0.5, 0.6) is 0 Å². The van der Waals surface area contributed by atoms with Gasteiger partial charge >= 0.3 is 5.97 Å². The quantitative estimate of drug-likeness (QED) is 0.333. The summed E-state index contributed by atoms with van der Waals surface area (Å²) in [4.78, 5) is 16.8. The third-order valence-electron chi connectivity index (χ3n) is 2.15. The summed E-state index contributed by atoms with van der Waals surface area (Å²) in [5, 5.41) is 0. The van der Waals surface area contributed by atoms with Crippen molar-refractivity contribution < 1.29 is 14.3 Å². The Morgan fingerprint density at radius 3 is 2.69 bits per heavy atom. The molecule has 1 saturated heterocycles. The Morgan fingerprint density at radius 2 is 2.12 bits per heavy atom. The summed E-state index contributed by atoms with van der Waals surface area (Å²) in [6.07, 6.45) is 0.265. The van der Waals surface area contributed by atoms with Gasteiger partial charge in [-0.05, 0) is 0 Å². The van der Waals surface area contributed by atoms with Gasteiger partial charge in [-0.2, -0.15) is 0 Å². The van der Waals surface area contributed by atoms with Crippen LogP contribution in [0.15, 0.2) is 4.99 Å². The van der Waals surface area contributed by atoms with Crippen molar-refractivity contribution in [2.75, 3.05) is 40.0 Å². The molecule has 16 heavy (non-hydrogen) atoms. The molecule has 2 N–H and O–H groups in total. The van der Waals surface area contributed by atoms with E-state index in [0.717, 1.165) is 13.1 Å². The molecule has 0 spiro atoms. The number of rotatable bonds is 3. The molecule has 1 fully saturated rings. The molecule has 1 aliphatic rings. The SMILES string of the molecule is COC(=O)CCN=C(N)N1CCOCC1.I. The van der Waals surface area contributed by atoms with Gasteiger partial charge in [0.25, 0.3) is 0 Å². The molecule has 6 nitrogen and oxygen atoms in total. The van der Waals surface area contributed by atoms with E-state index in [2.05, 4.69) is 9.73 Å². The minimum Gasteiger partial charge on any atom is -0.469 e. The third kappa shape index (κ3) is 5.50. The van der Waals surface area contributed by atoms with Crippen molar-refractivity contribution in [3.8, 4) is 0 Å². The Morgan fingerprint density at radius 1 is 1.50 bits per heavy atom. The minimum absolute atomic E-state index is 0. The first-order valence-corrected chi connectivity index (χ1v) is 4.93. The summed E-state index contributed by atoms with van der Waals surface area (Å²) in [5.74, 6) is 0.204. The zero-order chi connectivity index (χ0) is 11.1. The molecule has 0 saturated carbocycles. The number of ether oxygens (including phenoxy) is 2. The Hall–Kier alpha value is -0.570. The molecule has 0 bridgehead atoms. The molecule has 0 amide bonds. The van der Waals surface area contributed by atoms with E-state index in [4.69, 9.17) is 10.5 Å². The number of methoxy groups -OCH3 is 1. The van der Waals surface area contributed by atoms with Crippen molar-refractivity contribution in [1.82, 2.24) is 4.90 Å². The average molecular weight is 343 g/mol. The first kappa shape index (κ1) is 15.4. The number of nitrogens with zero attached hydrogens (tertiary/aromatic N) is 2. The zero-order valence-electron chi connectivity index (χ0n) is 9.35. The number of nitrogens with two attached hydrogens (primary N) is 1. The number of aliphatic imine (C=N–C) groups is 1. The molecule has 0 radical (unpaired) electrons. The van der Waals surface area contributed by atoms with Gasteiger partial charge in [0.15, 0.2) is 5.96 Å². The number of carbonyl (C=O) groups is 1. The highest BCUT2D eigenvalue weighted by molar-refractivity contribution is 14.0. The van der Waals surface area contributed by atoms with Crippen LogP contribution in [-0.2, 0) is 14.3 Å². The van der Waals surface area contributed by atoms with Gasteiger partial charge in [0.05, 0.1) is 33.3 Å². The maximum absolute atomic E-state index is 10.8. The first-order chi connectivity index (χ1) is 7.24. The highest BCUT2D eigenvalue weighted by Crippen LogP contribution is 1.96.